The van der Waals surface area contributed by atoms with E-state index in [0.29, 0.717) is 17.9 Å². The number of hydrogen-bond acceptors (Lipinski definition) is 5. The van der Waals surface area contributed by atoms with E-state index in [1.807, 2.05) is 18.2 Å². The molecule has 0 aliphatic heterocycles. The molecule has 0 atom stereocenters. The summed E-state index contributed by atoms with van der Waals surface area (Å²) in [4.78, 5) is 5.75. The van der Waals surface area contributed by atoms with E-state index in [1.165, 1.54) is 0 Å². The van der Waals surface area contributed by atoms with Gasteiger partial charge in [0.1, 0.15) is 5.01 Å². The molecular weight excluding hydrogens is 284 g/mol. The first kappa shape index (κ1) is 15.3. The number of hydrogen-bond donors (Lipinski definition) is 0. The summed E-state index contributed by atoms with van der Waals surface area (Å²) in [6, 6.07) is 7.97. The molecule has 2 aromatic rings. The molecule has 0 saturated carbocycles. The van der Waals surface area contributed by atoms with Crippen LogP contribution in [-0.4, -0.2) is 19.2 Å². The number of ether oxygens (including phenoxy) is 2. The normalized spacial score (nSPS) is 10.2. The minimum Gasteiger partial charge on any atom is -0.493 e. The Balaban J connectivity index is 2.42. The Hall–Kier alpha value is -2.06. The maximum absolute atomic E-state index is 8.94. The number of nitrogens with zero attached hydrogens (tertiary/aromatic N) is 2. The van der Waals surface area contributed by atoms with Crippen LogP contribution in [-0.2, 0) is 12.8 Å². The summed E-state index contributed by atoms with van der Waals surface area (Å²) in [6.45, 7) is 2.12. The molecule has 1 aromatic carbocycles. The Kier molecular flexibility index (Phi) is 5.18. The third kappa shape index (κ3) is 3.34. The van der Waals surface area contributed by atoms with Crippen molar-refractivity contribution in [3.05, 3.63) is 28.8 Å². The molecule has 0 saturated heterocycles. The predicted octanol–water partition coefficient (Wildman–Crippen LogP) is 3.85. The van der Waals surface area contributed by atoms with Crippen LogP contribution in [0.5, 0.6) is 11.5 Å². The highest BCUT2D eigenvalue weighted by molar-refractivity contribution is 7.15. The lowest BCUT2D eigenvalue weighted by Gasteiger charge is -2.08. The smallest absolute Gasteiger partial charge is 0.161 e. The van der Waals surface area contributed by atoms with Crippen LogP contribution in [0.3, 0.4) is 0 Å². The van der Waals surface area contributed by atoms with Crippen LogP contribution in [0, 0.1) is 11.3 Å². The number of benzene rings is 1. The summed E-state index contributed by atoms with van der Waals surface area (Å²) < 4.78 is 10.6. The van der Waals surface area contributed by atoms with Gasteiger partial charge >= 0.3 is 0 Å². The Morgan fingerprint density at radius 3 is 2.62 bits per heavy atom. The molecule has 0 fully saturated rings. The molecule has 5 heteroatoms. The van der Waals surface area contributed by atoms with Crippen LogP contribution in [0.25, 0.3) is 10.6 Å². The number of rotatable bonds is 6. The summed E-state index contributed by atoms with van der Waals surface area (Å²) in [7, 11) is 3.23. The van der Waals surface area contributed by atoms with Crippen molar-refractivity contribution in [2.75, 3.05) is 14.2 Å². The highest BCUT2D eigenvalue weighted by Crippen LogP contribution is 2.35. The highest BCUT2D eigenvalue weighted by atomic mass is 32.1. The molecule has 0 spiro atoms. The van der Waals surface area contributed by atoms with Gasteiger partial charge in [-0.05, 0) is 24.6 Å². The second-order valence-electron chi connectivity index (χ2n) is 4.54. The summed E-state index contributed by atoms with van der Waals surface area (Å²) in [5.74, 6) is 1.38. The van der Waals surface area contributed by atoms with Gasteiger partial charge in [0.2, 0.25) is 0 Å². The first-order valence-corrected chi connectivity index (χ1v) is 7.63. The van der Waals surface area contributed by atoms with Gasteiger partial charge in [-0.1, -0.05) is 13.3 Å². The van der Waals surface area contributed by atoms with Crippen LogP contribution >= 0.6 is 11.3 Å². The molecule has 1 heterocycles. The molecule has 21 heavy (non-hydrogen) atoms. The zero-order valence-electron chi connectivity index (χ0n) is 12.5. The summed E-state index contributed by atoms with van der Waals surface area (Å²) in [5.41, 5.74) is 2.02. The summed E-state index contributed by atoms with van der Waals surface area (Å²) in [5, 5.41) is 9.86. The molecular formula is C16H18N2O2S. The van der Waals surface area contributed by atoms with Crippen molar-refractivity contribution in [2.45, 2.75) is 26.2 Å². The standard InChI is InChI=1S/C16H18N2O2S/c1-4-5-12-15(8-9-17)21-16(18-12)11-6-7-13(19-2)14(10-11)20-3/h6-7,10H,4-5,8H2,1-3H3. The van der Waals surface area contributed by atoms with E-state index in [-0.39, 0.29) is 0 Å². The average Bonchev–Trinajstić information content (AvgIpc) is 2.90. The first-order chi connectivity index (χ1) is 10.2. The van der Waals surface area contributed by atoms with Crippen LogP contribution < -0.4 is 9.47 Å². The molecule has 0 amide bonds. The van der Waals surface area contributed by atoms with Gasteiger partial charge in [-0.3, -0.25) is 0 Å². The molecule has 0 N–H and O–H groups in total. The van der Waals surface area contributed by atoms with E-state index in [2.05, 4.69) is 13.0 Å². The number of thiazole rings is 1. The molecule has 0 aliphatic carbocycles. The first-order valence-electron chi connectivity index (χ1n) is 6.81. The van der Waals surface area contributed by atoms with Gasteiger partial charge < -0.3 is 9.47 Å². The second kappa shape index (κ2) is 7.09. The fourth-order valence-electron chi connectivity index (χ4n) is 2.12. The Bertz CT molecular complexity index is 659. The molecule has 110 valence electrons. The maximum Gasteiger partial charge on any atom is 0.161 e. The van der Waals surface area contributed by atoms with Gasteiger partial charge in [0.15, 0.2) is 11.5 Å². The SMILES string of the molecule is CCCc1nc(-c2ccc(OC)c(OC)c2)sc1CC#N. The molecule has 0 unspecified atom stereocenters. The average molecular weight is 302 g/mol. The van der Waals surface area contributed by atoms with Gasteiger partial charge in [-0.15, -0.1) is 11.3 Å². The highest BCUT2D eigenvalue weighted by Gasteiger charge is 2.13. The van der Waals surface area contributed by atoms with E-state index in [4.69, 9.17) is 19.7 Å². The molecule has 0 radical (unpaired) electrons. The largest absolute Gasteiger partial charge is 0.493 e. The van der Waals surface area contributed by atoms with Crippen molar-refractivity contribution in [1.29, 1.82) is 5.26 Å². The quantitative estimate of drug-likeness (QED) is 0.813. The van der Waals surface area contributed by atoms with Gasteiger partial charge in [0.25, 0.3) is 0 Å². The third-order valence-electron chi connectivity index (χ3n) is 3.14. The summed E-state index contributed by atoms with van der Waals surface area (Å²) in [6.07, 6.45) is 2.34. The number of nitriles is 1. The number of methoxy groups -OCH3 is 2. The van der Waals surface area contributed by atoms with Crippen LogP contribution in [0.15, 0.2) is 18.2 Å². The fourth-order valence-corrected chi connectivity index (χ4v) is 3.15. The predicted molar refractivity (Wildman–Crippen MR) is 84.0 cm³/mol. The maximum atomic E-state index is 8.94. The zero-order valence-corrected chi connectivity index (χ0v) is 13.3. The van der Waals surface area contributed by atoms with E-state index < -0.39 is 0 Å². The van der Waals surface area contributed by atoms with Crippen molar-refractivity contribution in [1.82, 2.24) is 4.98 Å². The molecule has 2 rings (SSSR count). The van der Waals surface area contributed by atoms with Crippen molar-refractivity contribution in [3.63, 3.8) is 0 Å². The molecule has 0 aliphatic rings. The number of aromatic nitrogens is 1. The van der Waals surface area contributed by atoms with E-state index in [0.717, 1.165) is 34.0 Å². The van der Waals surface area contributed by atoms with Crippen molar-refractivity contribution < 1.29 is 9.47 Å². The molecule has 1 aromatic heterocycles. The second-order valence-corrected chi connectivity index (χ2v) is 5.63. The Morgan fingerprint density at radius 1 is 1.24 bits per heavy atom. The van der Waals surface area contributed by atoms with Crippen molar-refractivity contribution >= 4 is 11.3 Å². The molecule has 0 bridgehead atoms. The minimum absolute atomic E-state index is 0.417. The topological polar surface area (TPSA) is 55.1 Å². The number of aryl methyl sites for hydroxylation is 1. The van der Waals surface area contributed by atoms with E-state index >= 15 is 0 Å². The van der Waals surface area contributed by atoms with Crippen LogP contribution in [0.4, 0.5) is 0 Å². The fraction of sp³-hybridized carbons (Fsp3) is 0.375. The van der Waals surface area contributed by atoms with Gasteiger partial charge in [0, 0.05) is 10.4 Å². The lowest BCUT2D eigenvalue weighted by Crippen LogP contribution is -1.91. The van der Waals surface area contributed by atoms with Gasteiger partial charge in [-0.2, -0.15) is 5.26 Å². The van der Waals surface area contributed by atoms with Crippen LogP contribution in [0.1, 0.15) is 23.9 Å². The summed E-state index contributed by atoms with van der Waals surface area (Å²) >= 11 is 1.58. The molecule has 4 nitrogen and oxygen atoms in total. The lowest BCUT2D eigenvalue weighted by atomic mass is 10.2. The monoisotopic (exact) mass is 302 g/mol. The van der Waals surface area contributed by atoms with Gasteiger partial charge in [0.05, 0.1) is 32.4 Å². The van der Waals surface area contributed by atoms with Crippen molar-refractivity contribution in [3.8, 4) is 28.1 Å². The van der Waals surface area contributed by atoms with Crippen LogP contribution in [0.2, 0.25) is 0 Å². The van der Waals surface area contributed by atoms with Gasteiger partial charge in [-0.25, -0.2) is 4.98 Å². The van der Waals surface area contributed by atoms with Crippen molar-refractivity contribution in [2.24, 2.45) is 0 Å². The lowest BCUT2D eigenvalue weighted by molar-refractivity contribution is 0.355. The minimum atomic E-state index is 0.417. The van der Waals surface area contributed by atoms with E-state index in [1.54, 1.807) is 25.6 Å². The Labute approximate surface area is 129 Å². The van der Waals surface area contributed by atoms with E-state index in [9.17, 15) is 0 Å². The Morgan fingerprint density at radius 2 is 2.00 bits per heavy atom. The third-order valence-corrected chi connectivity index (χ3v) is 4.28. The zero-order chi connectivity index (χ0) is 15.2.